The van der Waals surface area contributed by atoms with Crippen LogP contribution in [0, 0.1) is 5.92 Å². The molecule has 86 valence electrons. The third-order valence-electron chi connectivity index (χ3n) is 3.03. The average molecular weight is 210 g/mol. The molecule has 0 aliphatic rings. The van der Waals surface area contributed by atoms with Crippen molar-refractivity contribution < 1.29 is 5.11 Å². The molecule has 15 heavy (non-hydrogen) atoms. The van der Waals surface area contributed by atoms with Gasteiger partial charge in [-0.3, -0.25) is 0 Å². The number of rotatable bonds is 5. The van der Waals surface area contributed by atoms with E-state index in [1.54, 1.807) is 6.20 Å². The molecule has 1 N–H and O–H groups in total. The van der Waals surface area contributed by atoms with Crippen LogP contribution in [0.2, 0.25) is 0 Å². The second kappa shape index (κ2) is 4.79. The Morgan fingerprint density at radius 2 is 2.20 bits per heavy atom. The fourth-order valence-electron chi connectivity index (χ4n) is 1.48. The van der Waals surface area contributed by atoms with Gasteiger partial charge < -0.3 is 9.67 Å². The molecule has 0 saturated heterocycles. The molecule has 0 bridgehead atoms. The Morgan fingerprint density at radius 1 is 1.53 bits per heavy atom. The zero-order valence-electron chi connectivity index (χ0n) is 10.2. The number of hydrogen-bond acceptors (Lipinski definition) is 2. The van der Waals surface area contributed by atoms with E-state index < -0.39 is 5.60 Å². The summed E-state index contributed by atoms with van der Waals surface area (Å²) < 4.78 is 2.12. The monoisotopic (exact) mass is 210 g/mol. The van der Waals surface area contributed by atoms with Crippen LogP contribution >= 0.6 is 0 Å². The molecule has 0 fully saturated rings. The van der Waals surface area contributed by atoms with Crippen molar-refractivity contribution in [3.05, 3.63) is 18.2 Å². The van der Waals surface area contributed by atoms with E-state index in [4.69, 9.17) is 0 Å². The number of nitrogens with zero attached hydrogens (tertiary/aromatic N) is 2. The second-order valence-electron chi connectivity index (χ2n) is 4.73. The van der Waals surface area contributed by atoms with Gasteiger partial charge in [0.2, 0.25) is 0 Å². The first-order chi connectivity index (χ1) is 6.97. The predicted molar refractivity (Wildman–Crippen MR) is 61.7 cm³/mol. The molecule has 0 amide bonds. The lowest BCUT2D eigenvalue weighted by Crippen LogP contribution is -2.34. The van der Waals surface area contributed by atoms with Gasteiger partial charge in [0.15, 0.2) is 0 Å². The first kappa shape index (κ1) is 12.2. The molecule has 1 atom stereocenters. The fraction of sp³-hybridized carbons (Fsp3) is 0.750. The van der Waals surface area contributed by atoms with Crippen molar-refractivity contribution in [1.82, 2.24) is 9.55 Å². The molecule has 0 aromatic carbocycles. The maximum atomic E-state index is 10.2. The fourth-order valence-corrected chi connectivity index (χ4v) is 1.48. The van der Waals surface area contributed by atoms with Crippen molar-refractivity contribution in [2.75, 3.05) is 0 Å². The Bertz CT molecular complexity index is 302. The van der Waals surface area contributed by atoms with Gasteiger partial charge in [-0.05, 0) is 19.3 Å². The molecule has 1 aromatic rings. The van der Waals surface area contributed by atoms with E-state index >= 15 is 0 Å². The van der Waals surface area contributed by atoms with Gasteiger partial charge in [0.05, 0.1) is 5.60 Å². The molecule has 0 aliphatic heterocycles. The molecule has 1 rings (SSSR count). The maximum Gasteiger partial charge on any atom is 0.111 e. The summed E-state index contributed by atoms with van der Waals surface area (Å²) in [5.41, 5.74) is -0.670. The lowest BCUT2D eigenvalue weighted by Gasteiger charge is -2.27. The van der Waals surface area contributed by atoms with Gasteiger partial charge in [0, 0.05) is 25.4 Å². The summed E-state index contributed by atoms with van der Waals surface area (Å²) in [7, 11) is 0. The predicted octanol–water partition coefficient (Wildman–Crippen LogP) is 2.24. The second-order valence-corrected chi connectivity index (χ2v) is 4.73. The third kappa shape index (κ3) is 3.06. The van der Waals surface area contributed by atoms with Gasteiger partial charge in [-0.2, -0.15) is 0 Å². The molecular weight excluding hydrogens is 188 g/mol. The highest BCUT2D eigenvalue weighted by atomic mass is 16.3. The summed E-state index contributed by atoms with van der Waals surface area (Å²) >= 11 is 0. The molecule has 0 spiro atoms. The minimum absolute atomic E-state index is 0.240. The van der Waals surface area contributed by atoms with E-state index in [1.165, 1.54) is 0 Å². The Morgan fingerprint density at radius 3 is 2.73 bits per heavy atom. The van der Waals surface area contributed by atoms with Crippen LogP contribution in [0.4, 0.5) is 0 Å². The van der Waals surface area contributed by atoms with Crippen LogP contribution in [0.25, 0.3) is 0 Å². The first-order valence-electron chi connectivity index (χ1n) is 5.69. The van der Waals surface area contributed by atoms with E-state index in [2.05, 4.69) is 16.5 Å². The molecule has 3 nitrogen and oxygen atoms in total. The molecule has 3 heteroatoms. The van der Waals surface area contributed by atoms with E-state index in [-0.39, 0.29) is 5.92 Å². The topological polar surface area (TPSA) is 38.0 Å². The van der Waals surface area contributed by atoms with Crippen LogP contribution in [0.3, 0.4) is 0 Å². The molecule has 1 heterocycles. The van der Waals surface area contributed by atoms with Crippen LogP contribution in [0.5, 0.6) is 0 Å². The van der Waals surface area contributed by atoms with Crippen LogP contribution in [0.1, 0.15) is 39.9 Å². The Labute approximate surface area is 92.1 Å². The van der Waals surface area contributed by atoms with Gasteiger partial charge in [-0.15, -0.1) is 0 Å². The number of hydrogen-bond donors (Lipinski definition) is 1. The zero-order chi connectivity index (χ0) is 11.5. The normalized spacial score (nSPS) is 15.6. The number of aromatic nitrogens is 2. The number of imidazole rings is 1. The highest BCUT2D eigenvalue weighted by Gasteiger charge is 2.26. The minimum Gasteiger partial charge on any atom is -0.389 e. The highest BCUT2D eigenvalue weighted by Crippen LogP contribution is 2.20. The number of aliphatic hydroxyl groups is 1. The van der Waals surface area contributed by atoms with Gasteiger partial charge >= 0.3 is 0 Å². The van der Waals surface area contributed by atoms with Gasteiger partial charge in [0.25, 0.3) is 0 Å². The maximum absolute atomic E-state index is 10.2. The van der Waals surface area contributed by atoms with E-state index in [0.717, 1.165) is 18.8 Å². The standard InChI is InChI=1S/C12H22N2O/c1-5-7-14-8-6-13-11(14)9-12(4,15)10(2)3/h6,8,10,15H,5,7,9H2,1-4H3. The molecule has 1 aromatic heterocycles. The summed E-state index contributed by atoms with van der Waals surface area (Å²) in [6.07, 6.45) is 5.50. The van der Waals surface area contributed by atoms with Crippen molar-refractivity contribution in [1.29, 1.82) is 0 Å². The Hall–Kier alpha value is -0.830. The van der Waals surface area contributed by atoms with E-state index in [1.807, 2.05) is 27.0 Å². The average Bonchev–Trinajstić information content (AvgIpc) is 2.52. The molecule has 1 unspecified atom stereocenters. The molecule has 0 aliphatic carbocycles. The van der Waals surface area contributed by atoms with E-state index in [0.29, 0.717) is 6.42 Å². The SMILES string of the molecule is CCCn1ccnc1CC(C)(O)C(C)C. The molecular formula is C12H22N2O. The summed E-state index contributed by atoms with van der Waals surface area (Å²) in [5.74, 6) is 1.22. The van der Waals surface area contributed by atoms with Crippen LogP contribution in [0.15, 0.2) is 12.4 Å². The van der Waals surface area contributed by atoms with Crippen molar-refractivity contribution in [2.45, 2.75) is 52.7 Å². The van der Waals surface area contributed by atoms with Crippen LogP contribution in [-0.2, 0) is 13.0 Å². The highest BCUT2D eigenvalue weighted by molar-refractivity contribution is 4.98. The van der Waals surface area contributed by atoms with Crippen LogP contribution in [-0.4, -0.2) is 20.3 Å². The Kier molecular flexibility index (Phi) is 3.91. The van der Waals surface area contributed by atoms with Crippen molar-refractivity contribution >= 4 is 0 Å². The molecule has 0 saturated carbocycles. The first-order valence-corrected chi connectivity index (χ1v) is 5.69. The Balaban J connectivity index is 2.75. The van der Waals surface area contributed by atoms with Crippen LogP contribution < -0.4 is 0 Å². The zero-order valence-corrected chi connectivity index (χ0v) is 10.2. The van der Waals surface area contributed by atoms with Gasteiger partial charge in [-0.25, -0.2) is 4.98 Å². The summed E-state index contributed by atoms with van der Waals surface area (Å²) in [6, 6.07) is 0. The minimum atomic E-state index is -0.670. The molecule has 0 radical (unpaired) electrons. The summed E-state index contributed by atoms with van der Waals surface area (Å²) in [6.45, 7) is 9.07. The summed E-state index contributed by atoms with van der Waals surface area (Å²) in [4.78, 5) is 4.31. The van der Waals surface area contributed by atoms with Gasteiger partial charge in [0.1, 0.15) is 5.82 Å². The largest absolute Gasteiger partial charge is 0.389 e. The van der Waals surface area contributed by atoms with Crippen molar-refractivity contribution in [2.24, 2.45) is 5.92 Å². The lowest BCUT2D eigenvalue weighted by atomic mass is 9.89. The third-order valence-corrected chi connectivity index (χ3v) is 3.03. The quantitative estimate of drug-likeness (QED) is 0.809. The van der Waals surface area contributed by atoms with Crippen molar-refractivity contribution in [3.63, 3.8) is 0 Å². The lowest BCUT2D eigenvalue weighted by molar-refractivity contribution is 0.0114. The van der Waals surface area contributed by atoms with E-state index in [9.17, 15) is 5.11 Å². The number of aryl methyl sites for hydroxylation is 1. The smallest absolute Gasteiger partial charge is 0.111 e. The van der Waals surface area contributed by atoms with Gasteiger partial charge in [-0.1, -0.05) is 20.8 Å². The summed E-state index contributed by atoms with van der Waals surface area (Å²) in [5, 5.41) is 10.2. The van der Waals surface area contributed by atoms with Crippen molar-refractivity contribution in [3.8, 4) is 0 Å².